The summed E-state index contributed by atoms with van der Waals surface area (Å²) in [5.41, 5.74) is 4.23. The van der Waals surface area contributed by atoms with Crippen molar-refractivity contribution >= 4 is 28.0 Å². The van der Waals surface area contributed by atoms with Gasteiger partial charge in [-0.1, -0.05) is 0 Å². The second-order valence-corrected chi connectivity index (χ2v) is 10.2. The number of aryl methyl sites for hydroxylation is 1. The van der Waals surface area contributed by atoms with E-state index in [2.05, 4.69) is 31.6 Å². The van der Waals surface area contributed by atoms with Crippen molar-refractivity contribution in [1.29, 1.82) is 0 Å². The second-order valence-electron chi connectivity index (χ2n) is 10.2. The van der Waals surface area contributed by atoms with Crippen LogP contribution in [0, 0.1) is 5.92 Å². The largest absolute Gasteiger partial charge is 0.494 e. The summed E-state index contributed by atoms with van der Waals surface area (Å²) in [6.07, 6.45) is 4.41. The summed E-state index contributed by atoms with van der Waals surface area (Å²) in [5, 5.41) is 4.57. The molecule has 2 aliphatic heterocycles. The topological polar surface area (TPSA) is 86.4 Å². The molecule has 1 amide bonds. The Bertz CT molecular complexity index is 1470. The number of morpholine rings is 1. The van der Waals surface area contributed by atoms with Crippen LogP contribution in [-0.4, -0.2) is 75.4 Å². The third kappa shape index (κ3) is 3.49. The number of hydrogen-bond acceptors (Lipinski definition) is 6. The molecule has 3 fully saturated rings. The van der Waals surface area contributed by atoms with E-state index in [0.717, 1.165) is 46.7 Å². The van der Waals surface area contributed by atoms with Crippen LogP contribution in [0.15, 0.2) is 36.5 Å². The maximum absolute atomic E-state index is 13.5. The molecule has 36 heavy (non-hydrogen) atoms. The van der Waals surface area contributed by atoms with E-state index in [1.54, 1.807) is 7.11 Å². The van der Waals surface area contributed by atoms with Crippen LogP contribution in [0.25, 0.3) is 33.6 Å². The van der Waals surface area contributed by atoms with Gasteiger partial charge in [0.1, 0.15) is 16.9 Å². The summed E-state index contributed by atoms with van der Waals surface area (Å²) in [4.78, 5) is 25.1. The molecule has 4 aromatic rings. The minimum Gasteiger partial charge on any atom is -0.494 e. The molecule has 3 aliphatic rings. The first-order valence-corrected chi connectivity index (χ1v) is 12.7. The molecule has 186 valence electrons. The van der Waals surface area contributed by atoms with E-state index in [4.69, 9.17) is 14.5 Å². The van der Waals surface area contributed by atoms with Gasteiger partial charge in [-0.15, -0.1) is 0 Å². The molecule has 0 spiro atoms. The highest BCUT2D eigenvalue weighted by Crippen LogP contribution is 2.37. The van der Waals surface area contributed by atoms with Gasteiger partial charge in [-0.3, -0.25) is 4.79 Å². The average Bonchev–Trinajstić information content (AvgIpc) is 3.36. The molecule has 9 heteroatoms. The predicted molar refractivity (Wildman–Crippen MR) is 136 cm³/mol. The van der Waals surface area contributed by atoms with E-state index in [0.29, 0.717) is 36.9 Å². The van der Waals surface area contributed by atoms with Gasteiger partial charge in [0.2, 0.25) is 0 Å². The third-order valence-electron chi connectivity index (χ3n) is 7.82. The number of benzene rings is 1. The molecule has 5 heterocycles. The second kappa shape index (κ2) is 8.31. The summed E-state index contributed by atoms with van der Waals surface area (Å²) < 4.78 is 16.0. The molecule has 0 unspecified atom stereocenters. The summed E-state index contributed by atoms with van der Waals surface area (Å²) in [6.45, 7) is 3.69. The predicted octanol–water partition coefficient (Wildman–Crippen LogP) is 2.82. The summed E-state index contributed by atoms with van der Waals surface area (Å²) >= 11 is 0. The van der Waals surface area contributed by atoms with Crippen molar-refractivity contribution in [3.05, 3.63) is 42.1 Å². The molecule has 2 atom stereocenters. The van der Waals surface area contributed by atoms with Crippen molar-refractivity contribution in [2.24, 2.45) is 13.0 Å². The number of ether oxygens (including phenoxy) is 2. The maximum atomic E-state index is 13.5. The number of hydrogen-bond donors (Lipinski definition) is 1. The van der Waals surface area contributed by atoms with Crippen molar-refractivity contribution in [2.75, 3.05) is 33.4 Å². The standard InChI is InChI=1S/C27H30N6O3/c1-31-24-19(30-26(31)21-11-17-4-3-7-29-25(17)33(21)13-16-5-6-16)10-18(12-22(24)35-2)27(34)32-14-20-23(15-32)36-9-8-28-20/h3-4,7,10-12,16,20,23,28H,5-6,8-9,13-15H2,1-2H3/t20-,23+/m1/s1. The first-order chi connectivity index (χ1) is 17.6. The van der Waals surface area contributed by atoms with Crippen LogP contribution in [-0.2, 0) is 18.3 Å². The van der Waals surface area contributed by atoms with Gasteiger partial charge >= 0.3 is 0 Å². The van der Waals surface area contributed by atoms with Crippen molar-refractivity contribution in [3.8, 4) is 17.3 Å². The van der Waals surface area contributed by atoms with Crippen molar-refractivity contribution in [1.82, 2.24) is 29.3 Å². The van der Waals surface area contributed by atoms with Gasteiger partial charge in [0.25, 0.3) is 5.91 Å². The normalized spacial score (nSPS) is 21.9. The lowest BCUT2D eigenvalue weighted by molar-refractivity contribution is 0.0176. The van der Waals surface area contributed by atoms with Crippen LogP contribution in [0.4, 0.5) is 0 Å². The third-order valence-corrected chi connectivity index (χ3v) is 7.82. The van der Waals surface area contributed by atoms with Crippen molar-refractivity contribution < 1.29 is 14.3 Å². The van der Waals surface area contributed by atoms with Gasteiger partial charge in [0.15, 0.2) is 5.82 Å². The fraction of sp³-hybridized carbons (Fsp3) is 0.444. The number of imidazole rings is 1. The monoisotopic (exact) mass is 486 g/mol. The first-order valence-electron chi connectivity index (χ1n) is 12.7. The van der Waals surface area contributed by atoms with E-state index in [9.17, 15) is 4.79 Å². The Morgan fingerprint density at radius 3 is 2.94 bits per heavy atom. The molecule has 1 aliphatic carbocycles. The van der Waals surface area contributed by atoms with E-state index in [-0.39, 0.29) is 18.1 Å². The lowest BCUT2D eigenvalue weighted by Crippen LogP contribution is -2.47. The molecule has 3 aromatic heterocycles. The Hall–Kier alpha value is -3.43. The SMILES string of the molecule is COc1cc(C(=O)N2C[C@@H]3OCCN[C@@H]3C2)cc2nc(-c3cc4cccnc4n3CC3CC3)n(C)c12. The Labute approximate surface area is 209 Å². The molecule has 1 N–H and O–H groups in total. The number of rotatable bonds is 5. The number of carbonyl (C=O) groups is 1. The van der Waals surface area contributed by atoms with E-state index in [1.165, 1.54) is 12.8 Å². The van der Waals surface area contributed by atoms with Gasteiger partial charge in [0, 0.05) is 50.4 Å². The Balaban J connectivity index is 1.31. The number of aromatic nitrogens is 4. The number of amides is 1. The Morgan fingerprint density at radius 2 is 2.14 bits per heavy atom. The molecule has 7 rings (SSSR count). The molecular weight excluding hydrogens is 456 g/mol. The zero-order valence-electron chi connectivity index (χ0n) is 20.6. The number of likely N-dealkylation sites (tertiary alicyclic amines) is 1. The fourth-order valence-electron chi connectivity index (χ4n) is 5.78. The summed E-state index contributed by atoms with van der Waals surface area (Å²) in [7, 11) is 3.65. The van der Waals surface area contributed by atoms with Gasteiger partial charge in [-0.25, -0.2) is 9.97 Å². The van der Waals surface area contributed by atoms with Crippen molar-refractivity contribution in [2.45, 2.75) is 31.5 Å². The highest BCUT2D eigenvalue weighted by atomic mass is 16.5. The quantitative estimate of drug-likeness (QED) is 0.467. The minimum absolute atomic E-state index is 0.0192. The minimum atomic E-state index is -0.0192. The van der Waals surface area contributed by atoms with Gasteiger partial charge < -0.3 is 28.8 Å². The van der Waals surface area contributed by atoms with E-state index >= 15 is 0 Å². The Kier molecular flexibility index (Phi) is 5.04. The van der Waals surface area contributed by atoms with Crippen LogP contribution in [0.1, 0.15) is 23.2 Å². The van der Waals surface area contributed by atoms with Crippen LogP contribution in [0.5, 0.6) is 5.75 Å². The smallest absolute Gasteiger partial charge is 0.254 e. The van der Waals surface area contributed by atoms with Gasteiger partial charge in [0.05, 0.1) is 37.1 Å². The zero-order valence-corrected chi connectivity index (χ0v) is 20.6. The van der Waals surface area contributed by atoms with Crippen molar-refractivity contribution in [3.63, 3.8) is 0 Å². The zero-order chi connectivity index (χ0) is 24.4. The number of carbonyl (C=O) groups excluding carboxylic acids is 1. The molecule has 1 aromatic carbocycles. The van der Waals surface area contributed by atoms with Crippen LogP contribution in [0.3, 0.4) is 0 Å². The van der Waals surface area contributed by atoms with Crippen LogP contribution in [0.2, 0.25) is 0 Å². The number of methoxy groups -OCH3 is 1. The number of nitrogens with one attached hydrogen (secondary N) is 1. The van der Waals surface area contributed by atoms with Gasteiger partial charge in [-0.2, -0.15) is 0 Å². The maximum Gasteiger partial charge on any atom is 0.254 e. The molecule has 9 nitrogen and oxygen atoms in total. The average molecular weight is 487 g/mol. The molecular formula is C27H30N6O3. The number of nitrogens with zero attached hydrogens (tertiary/aromatic N) is 5. The Morgan fingerprint density at radius 1 is 1.25 bits per heavy atom. The number of fused-ring (bicyclic) bond motifs is 3. The molecule has 0 bridgehead atoms. The lowest BCUT2D eigenvalue weighted by Gasteiger charge is -2.25. The summed E-state index contributed by atoms with van der Waals surface area (Å²) in [6, 6.07) is 10.2. The number of pyridine rings is 1. The molecule has 1 saturated carbocycles. The highest BCUT2D eigenvalue weighted by molar-refractivity contribution is 6.00. The highest BCUT2D eigenvalue weighted by Gasteiger charge is 2.38. The lowest BCUT2D eigenvalue weighted by atomic mass is 10.1. The molecule has 2 saturated heterocycles. The fourth-order valence-corrected chi connectivity index (χ4v) is 5.78. The first kappa shape index (κ1) is 21.8. The van der Waals surface area contributed by atoms with E-state index in [1.807, 2.05) is 36.3 Å². The van der Waals surface area contributed by atoms with E-state index < -0.39 is 0 Å². The molecule has 0 radical (unpaired) electrons. The van der Waals surface area contributed by atoms with Crippen LogP contribution >= 0.6 is 0 Å². The summed E-state index contributed by atoms with van der Waals surface area (Å²) in [5.74, 6) is 2.16. The van der Waals surface area contributed by atoms with Crippen LogP contribution < -0.4 is 10.1 Å². The van der Waals surface area contributed by atoms with Gasteiger partial charge in [-0.05, 0) is 49.1 Å².